The SMILES string of the molecule is CN[C@@H]1CCCC[C@@H]1[C@@H](O)c1ccccc1. The number of hydrogen-bond donors (Lipinski definition) is 2. The van der Waals surface area contributed by atoms with Crippen LogP contribution >= 0.6 is 0 Å². The van der Waals surface area contributed by atoms with E-state index in [0.29, 0.717) is 12.0 Å². The summed E-state index contributed by atoms with van der Waals surface area (Å²) in [5, 5.41) is 13.8. The summed E-state index contributed by atoms with van der Waals surface area (Å²) in [6, 6.07) is 10.5. The number of rotatable bonds is 3. The fraction of sp³-hybridized carbons (Fsp3) is 0.571. The van der Waals surface area contributed by atoms with Crippen LogP contribution in [0.5, 0.6) is 0 Å². The largest absolute Gasteiger partial charge is 0.388 e. The van der Waals surface area contributed by atoms with Crippen molar-refractivity contribution in [2.24, 2.45) is 5.92 Å². The number of aliphatic hydroxyl groups is 1. The topological polar surface area (TPSA) is 32.3 Å². The van der Waals surface area contributed by atoms with Crippen LogP contribution in [0.3, 0.4) is 0 Å². The van der Waals surface area contributed by atoms with Gasteiger partial charge < -0.3 is 10.4 Å². The van der Waals surface area contributed by atoms with Crippen molar-refractivity contribution in [2.45, 2.75) is 37.8 Å². The number of aliphatic hydroxyl groups excluding tert-OH is 1. The Morgan fingerprint density at radius 1 is 1.19 bits per heavy atom. The summed E-state index contributed by atoms with van der Waals surface area (Å²) in [6.45, 7) is 0. The molecule has 0 radical (unpaired) electrons. The molecule has 2 heteroatoms. The molecule has 0 amide bonds. The van der Waals surface area contributed by atoms with Crippen molar-refractivity contribution in [3.63, 3.8) is 0 Å². The molecule has 2 rings (SSSR count). The minimum absolute atomic E-state index is 0.320. The number of hydrogen-bond acceptors (Lipinski definition) is 2. The highest BCUT2D eigenvalue weighted by atomic mass is 16.3. The Morgan fingerprint density at radius 3 is 2.56 bits per heavy atom. The summed E-state index contributed by atoms with van der Waals surface area (Å²) in [5.74, 6) is 0.362. The fourth-order valence-electron chi connectivity index (χ4n) is 2.79. The highest BCUT2D eigenvalue weighted by Gasteiger charge is 2.30. The summed E-state index contributed by atoms with van der Waals surface area (Å²) in [5.41, 5.74) is 1.05. The first-order chi connectivity index (χ1) is 7.83. The Bertz CT molecular complexity index is 312. The highest BCUT2D eigenvalue weighted by molar-refractivity contribution is 5.18. The molecule has 0 saturated heterocycles. The molecule has 1 aliphatic carbocycles. The van der Waals surface area contributed by atoms with Crippen LogP contribution in [0.25, 0.3) is 0 Å². The van der Waals surface area contributed by atoms with Gasteiger partial charge in [0.2, 0.25) is 0 Å². The molecule has 16 heavy (non-hydrogen) atoms. The van der Waals surface area contributed by atoms with Crippen LogP contribution < -0.4 is 5.32 Å². The zero-order chi connectivity index (χ0) is 11.4. The summed E-state index contributed by atoms with van der Waals surface area (Å²) in [7, 11) is 2.00. The van der Waals surface area contributed by atoms with Crippen molar-refractivity contribution in [3.8, 4) is 0 Å². The van der Waals surface area contributed by atoms with E-state index in [-0.39, 0.29) is 6.10 Å². The molecule has 1 aromatic carbocycles. The molecule has 0 spiro atoms. The lowest BCUT2D eigenvalue weighted by molar-refractivity contribution is 0.0639. The van der Waals surface area contributed by atoms with Crippen molar-refractivity contribution < 1.29 is 5.11 Å². The van der Waals surface area contributed by atoms with Crippen molar-refractivity contribution >= 4 is 0 Å². The molecule has 3 atom stereocenters. The second-order valence-corrected chi connectivity index (χ2v) is 4.70. The summed E-state index contributed by atoms with van der Waals surface area (Å²) < 4.78 is 0. The van der Waals surface area contributed by atoms with Gasteiger partial charge in [0.25, 0.3) is 0 Å². The first kappa shape index (κ1) is 11.6. The monoisotopic (exact) mass is 219 g/mol. The predicted octanol–water partition coefficient (Wildman–Crippen LogP) is 2.50. The molecule has 88 valence electrons. The van der Waals surface area contributed by atoms with Crippen molar-refractivity contribution in [3.05, 3.63) is 35.9 Å². The third kappa shape index (κ3) is 2.45. The fourth-order valence-corrected chi connectivity index (χ4v) is 2.79. The summed E-state index contributed by atoms with van der Waals surface area (Å²) in [4.78, 5) is 0. The maximum Gasteiger partial charge on any atom is 0.0833 e. The smallest absolute Gasteiger partial charge is 0.0833 e. The molecule has 0 unspecified atom stereocenters. The predicted molar refractivity (Wildman–Crippen MR) is 66.2 cm³/mol. The normalized spacial score (nSPS) is 27.6. The van der Waals surface area contributed by atoms with Gasteiger partial charge in [0.05, 0.1) is 6.10 Å². The Morgan fingerprint density at radius 2 is 1.88 bits per heavy atom. The maximum absolute atomic E-state index is 10.4. The summed E-state index contributed by atoms with van der Waals surface area (Å²) in [6.07, 6.45) is 4.52. The van der Waals surface area contributed by atoms with E-state index in [2.05, 4.69) is 5.32 Å². The van der Waals surface area contributed by atoms with Crippen LogP contribution in [0.1, 0.15) is 37.4 Å². The minimum atomic E-state index is -0.320. The maximum atomic E-state index is 10.4. The van der Waals surface area contributed by atoms with Gasteiger partial charge in [-0.05, 0) is 25.5 Å². The third-order valence-corrected chi connectivity index (χ3v) is 3.74. The van der Waals surface area contributed by atoms with Gasteiger partial charge in [-0.2, -0.15) is 0 Å². The van der Waals surface area contributed by atoms with Crippen LogP contribution in [-0.2, 0) is 0 Å². The van der Waals surface area contributed by atoms with Gasteiger partial charge in [-0.25, -0.2) is 0 Å². The van der Waals surface area contributed by atoms with Crippen molar-refractivity contribution in [1.29, 1.82) is 0 Å². The van der Waals surface area contributed by atoms with Gasteiger partial charge in [0.15, 0.2) is 0 Å². The van der Waals surface area contributed by atoms with Gasteiger partial charge >= 0.3 is 0 Å². The average Bonchev–Trinajstić information content (AvgIpc) is 2.39. The second kappa shape index (κ2) is 5.46. The first-order valence-corrected chi connectivity index (χ1v) is 6.23. The average molecular weight is 219 g/mol. The molecule has 0 bridgehead atoms. The lowest BCUT2D eigenvalue weighted by Gasteiger charge is -2.34. The molecule has 0 aliphatic heterocycles. The molecule has 1 aliphatic rings. The molecule has 2 nitrogen and oxygen atoms in total. The lowest BCUT2D eigenvalue weighted by Crippen LogP contribution is -2.39. The van der Waals surface area contributed by atoms with Crippen LogP contribution in [-0.4, -0.2) is 18.2 Å². The van der Waals surface area contributed by atoms with E-state index in [1.807, 2.05) is 37.4 Å². The number of nitrogens with one attached hydrogen (secondary N) is 1. The second-order valence-electron chi connectivity index (χ2n) is 4.70. The molecule has 1 aromatic rings. The van der Waals surface area contributed by atoms with Crippen LogP contribution in [0.4, 0.5) is 0 Å². The van der Waals surface area contributed by atoms with E-state index in [1.165, 1.54) is 19.3 Å². The van der Waals surface area contributed by atoms with Gasteiger partial charge in [0, 0.05) is 12.0 Å². The van der Waals surface area contributed by atoms with Crippen LogP contribution in [0.15, 0.2) is 30.3 Å². The molecule has 0 aromatic heterocycles. The van der Waals surface area contributed by atoms with E-state index in [9.17, 15) is 5.11 Å². The first-order valence-electron chi connectivity index (χ1n) is 6.23. The third-order valence-electron chi connectivity index (χ3n) is 3.74. The standard InChI is InChI=1S/C14H21NO/c1-15-13-10-6-5-9-12(13)14(16)11-7-3-2-4-8-11/h2-4,7-8,12-16H,5-6,9-10H2,1H3/t12-,13+,14-/m0/s1. The summed E-state index contributed by atoms with van der Waals surface area (Å²) >= 11 is 0. The number of benzene rings is 1. The molecule has 0 heterocycles. The molecular weight excluding hydrogens is 198 g/mol. The van der Waals surface area contributed by atoms with E-state index in [0.717, 1.165) is 12.0 Å². The Balaban J connectivity index is 2.10. The van der Waals surface area contributed by atoms with Gasteiger partial charge in [0.1, 0.15) is 0 Å². The van der Waals surface area contributed by atoms with E-state index >= 15 is 0 Å². The Hall–Kier alpha value is -0.860. The molecule has 1 saturated carbocycles. The van der Waals surface area contributed by atoms with Crippen molar-refractivity contribution in [1.82, 2.24) is 5.32 Å². The van der Waals surface area contributed by atoms with Gasteiger partial charge in [-0.15, -0.1) is 0 Å². The van der Waals surface area contributed by atoms with Crippen molar-refractivity contribution in [2.75, 3.05) is 7.05 Å². The van der Waals surface area contributed by atoms with Gasteiger partial charge in [-0.1, -0.05) is 43.2 Å². The van der Waals surface area contributed by atoms with E-state index in [1.54, 1.807) is 0 Å². The quantitative estimate of drug-likeness (QED) is 0.818. The minimum Gasteiger partial charge on any atom is -0.388 e. The zero-order valence-electron chi connectivity index (χ0n) is 9.89. The lowest BCUT2D eigenvalue weighted by atomic mass is 9.79. The highest BCUT2D eigenvalue weighted by Crippen LogP contribution is 2.34. The van der Waals surface area contributed by atoms with E-state index < -0.39 is 0 Å². The van der Waals surface area contributed by atoms with Crippen LogP contribution in [0, 0.1) is 5.92 Å². The molecule has 1 fully saturated rings. The molecule has 2 N–H and O–H groups in total. The van der Waals surface area contributed by atoms with Crippen LogP contribution in [0.2, 0.25) is 0 Å². The zero-order valence-corrected chi connectivity index (χ0v) is 9.89. The molecular formula is C14H21NO. The Kier molecular flexibility index (Phi) is 3.97. The van der Waals surface area contributed by atoms with Gasteiger partial charge in [-0.3, -0.25) is 0 Å². The Labute approximate surface area is 97.7 Å². The van der Waals surface area contributed by atoms with E-state index in [4.69, 9.17) is 0 Å².